The van der Waals surface area contributed by atoms with Crippen LogP contribution < -0.4 is 10.0 Å². The van der Waals surface area contributed by atoms with Gasteiger partial charge in [0.25, 0.3) is 0 Å². The van der Waals surface area contributed by atoms with Crippen molar-refractivity contribution in [2.24, 2.45) is 0 Å². The molecular weight excluding hydrogens is 431 g/mol. The molecule has 0 saturated heterocycles. The number of fused-ring (bicyclic) bond motifs is 1. The molecule has 1 aliphatic rings. The van der Waals surface area contributed by atoms with Crippen LogP contribution in [0.3, 0.4) is 0 Å². The molecule has 0 bridgehead atoms. The first-order valence-electron chi connectivity index (χ1n) is 9.54. The molecule has 0 unspecified atom stereocenters. The van der Waals surface area contributed by atoms with Crippen LogP contribution in [0.15, 0.2) is 41.4 Å². The molecule has 1 aliphatic heterocycles. The van der Waals surface area contributed by atoms with Crippen molar-refractivity contribution in [2.75, 3.05) is 12.4 Å². The molecule has 164 valence electrons. The van der Waals surface area contributed by atoms with Gasteiger partial charge in [0, 0.05) is 36.1 Å². The molecule has 11 heteroatoms. The van der Waals surface area contributed by atoms with Gasteiger partial charge in [0.2, 0.25) is 10.0 Å². The van der Waals surface area contributed by atoms with Crippen LogP contribution >= 0.6 is 0 Å². The number of aromatic nitrogens is 3. The zero-order valence-electron chi connectivity index (χ0n) is 16.8. The molecule has 31 heavy (non-hydrogen) atoms. The number of benzene rings is 1. The van der Waals surface area contributed by atoms with Crippen molar-refractivity contribution >= 4 is 21.5 Å². The monoisotopic (exact) mass is 451 g/mol. The van der Waals surface area contributed by atoms with Crippen molar-refractivity contribution in [2.45, 2.75) is 37.4 Å². The Hall–Kier alpha value is -2.92. The number of pyridine rings is 1. The Labute approximate surface area is 177 Å². The maximum atomic E-state index is 12.8. The molecule has 2 N–H and O–H groups in total. The van der Waals surface area contributed by atoms with Crippen molar-refractivity contribution in [3.8, 4) is 11.3 Å². The number of nitrogens with one attached hydrogen (secondary N) is 2. The van der Waals surface area contributed by atoms with Crippen molar-refractivity contribution in [1.82, 2.24) is 19.3 Å². The highest BCUT2D eigenvalue weighted by Gasteiger charge is 2.30. The molecule has 3 heterocycles. The Morgan fingerprint density at radius 3 is 2.55 bits per heavy atom. The van der Waals surface area contributed by atoms with Crippen molar-refractivity contribution in [1.29, 1.82) is 0 Å². The topological polar surface area (TPSA) is 88.9 Å². The SMILES string of the molecule is CNS(=O)(=O)c1ccc(Nc2ccc(C(F)(F)F)cn2)c(-c2nc3n(c2C)CCC3)c1. The van der Waals surface area contributed by atoms with Gasteiger partial charge in [0.1, 0.15) is 11.6 Å². The highest BCUT2D eigenvalue weighted by Crippen LogP contribution is 2.36. The Bertz CT molecular complexity index is 1230. The molecule has 0 fully saturated rings. The van der Waals surface area contributed by atoms with Crippen LogP contribution in [0.4, 0.5) is 24.7 Å². The number of hydrogen-bond donors (Lipinski definition) is 2. The third-order valence-corrected chi connectivity index (χ3v) is 6.67. The number of hydrogen-bond acceptors (Lipinski definition) is 5. The van der Waals surface area contributed by atoms with Crippen molar-refractivity contribution in [3.05, 3.63) is 53.6 Å². The molecule has 7 nitrogen and oxygen atoms in total. The predicted octanol–water partition coefficient (Wildman–Crippen LogP) is 3.87. The molecule has 0 atom stereocenters. The predicted molar refractivity (Wildman–Crippen MR) is 109 cm³/mol. The Morgan fingerprint density at radius 2 is 1.94 bits per heavy atom. The Kier molecular flexibility index (Phi) is 5.26. The summed E-state index contributed by atoms with van der Waals surface area (Å²) in [5.74, 6) is 1.12. The van der Waals surface area contributed by atoms with Gasteiger partial charge in [0.15, 0.2) is 0 Å². The van der Waals surface area contributed by atoms with Gasteiger partial charge in [-0.25, -0.2) is 23.1 Å². The van der Waals surface area contributed by atoms with Gasteiger partial charge in [-0.05, 0) is 50.7 Å². The number of alkyl halides is 3. The second kappa shape index (κ2) is 7.65. The summed E-state index contributed by atoms with van der Waals surface area (Å²) < 4.78 is 67.5. The van der Waals surface area contributed by atoms with Crippen LogP contribution in [0, 0.1) is 6.92 Å². The lowest BCUT2D eigenvalue weighted by Gasteiger charge is -2.14. The first kappa shape index (κ1) is 21.3. The van der Waals surface area contributed by atoms with E-state index >= 15 is 0 Å². The molecule has 0 amide bonds. The summed E-state index contributed by atoms with van der Waals surface area (Å²) in [4.78, 5) is 8.60. The summed E-state index contributed by atoms with van der Waals surface area (Å²) >= 11 is 0. The van der Waals surface area contributed by atoms with E-state index in [0.717, 1.165) is 43.2 Å². The molecular formula is C20H20F3N5O2S. The summed E-state index contributed by atoms with van der Waals surface area (Å²) in [7, 11) is -2.38. The number of anilines is 2. The summed E-state index contributed by atoms with van der Waals surface area (Å²) in [6, 6.07) is 6.64. The van der Waals surface area contributed by atoms with Gasteiger partial charge in [-0.15, -0.1) is 0 Å². The summed E-state index contributed by atoms with van der Waals surface area (Å²) in [5, 5.41) is 3.00. The van der Waals surface area contributed by atoms with E-state index in [0.29, 0.717) is 16.9 Å². The fourth-order valence-electron chi connectivity index (χ4n) is 3.62. The van der Waals surface area contributed by atoms with Gasteiger partial charge in [-0.1, -0.05) is 0 Å². The summed E-state index contributed by atoms with van der Waals surface area (Å²) in [6.07, 6.45) is -1.90. The highest BCUT2D eigenvalue weighted by atomic mass is 32.2. The standard InChI is InChI=1S/C20H20F3N5O2S/c1-12-19(27-18-4-3-9-28(12)18)15-10-14(31(29,30)24-2)6-7-16(15)26-17-8-5-13(11-25-17)20(21,22)23/h5-8,10-11,24H,3-4,9H2,1-2H3,(H,25,26). The zero-order valence-corrected chi connectivity index (χ0v) is 17.6. The maximum Gasteiger partial charge on any atom is 0.417 e. The molecule has 0 radical (unpaired) electrons. The molecule has 0 saturated carbocycles. The lowest BCUT2D eigenvalue weighted by atomic mass is 10.1. The number of aryl methyl sites for hydroxylation is 1. The minimum absolute atomic E-state index is 0.0588. The lowest BCUT2D eigenvalue weighted by molar-refractivity contribution is -0.137. The van der Waals surface area contributed by atoms with Crippen LogP contribution in [-0.4, -0.2) is 30.0 Å². The minimum atomic E-state index is -4.48. The van der Waals surface area contributed by atoms with Gasteiger partial charge in [-0.3, -0.25) is 0 Å². The molecule has 1 aromatic carbocycles. The second-order valence-electron chi connectivity index (χ2n) is 7.19. The van der Waals surface area contributed by atoms with Crippen LogP contribution in [-0.2, 0) is 29.2 Å². The molecule has 3 aromatic rings. The molecule has 0 spiro atoms. The normalized spacial score (nSPS) is 14.0. The Morgan fingerprint density at radius 1 is 1.16 bits per heavy atom. The van der Waals surface area contributed by atoms with Gasteiger partial charge >= 0.3 is 6.18 Å². The summed E-state index contributed by atoms with van der Waals surface area (Å²) in [5.41, 5.74) is 1.68. The van der Waals surface area contributed by atoms with Crippen LogP contribution in [0.5, 0.6) is 0 Å². The molecule has 4 rings (SSSR count). The second-order valence-corrected chi connectivity index (χ2v) is 9.07. The number of halogens is 3. The molecule has 2 aromatic heterocycles. The quantitative estimate of drug-likeness (QED) is 0.615. The van der Waals surface area contributed by atoms with E-state index in [2.05, 4.69) is 19.6 Å². The third-order valence-electron chi connectivity index (χ3n) is 5.26. The molecule has 0 aliphatic carbocycles. The van der Waals surface area contributed by atoms with E-state index in [9.17, 15) is 21.6 Å². The van der Waals surface area contributed by atoms with Crippen molar-refractivity contribution in [3.63, 3.8) is 0 Å². The highest BCUT2D eigenvalue weighted by molar-refractivity contribution is 7.89. The maximum absolute atomic E-state index is 12.8. The third kappa shape index (κ3) is 4.02. The lowest BCUT2D eigenvalue weighted by Crippen LogP contribution is -2.18. The first-order chi connectivity index (χ1) is 14.6. The van der Waals surface area contributed by atoms with Crippen LogP contribution in [0.25, 0.3) is 11.3 Å². The number of nitrogens with zero attached hydrogens (tertiary/aromatic N) is 3. The number of rotatable bonds is 5. The van der Waals surface area contributed by atoms with E-state index < -0.39 is 21.8 Å². The minimum Gasteiger partial charge on any atom is -0.340 e. The van der Waals surface area contributed by atoms with E-state index in [-0.39, 0.29) is 10.7 Å². The summed E-state index contributed by atoms with van der Waals surface area (Å²) in [6.45, 7) is 2.75. The van der Waals surface area contributed by atoms with Crippen LogP contribution in [0.1, 0.15) is 23.5 Å². The average Bonchev–Trinajstić information content (AvgIpc) is 3.31. The van der Waals surface area contributed by atoms with Gasteiger partial charge in [0.05, 0.1) is 16.2 Å². The average molecular weight is 451 g/mol. The number of sulfonamides is 1. The number of imidazole rings is 1. The Balaban J connectivity index is 1.79. The van der Waals surface area contributed by atoms with E-state index in [1.165, 1.54) is 25.2 Å². The van der Waals surface area contributed by atoms with E-state index in [4.69, 9.17) is 4.98 Å². The zero-order chi connectivity index (χ0) is 22.4. The van der Waals surface area contributed by atoms with E-state index in [1.54, 1.807) is 6.07 Å². The first-order valence-corrected chi connectivity index (χ1v) is 11.0. The fraction of sp³-hybridized carbons (Fsp3) is 0.300. The van der Waals surface area contributed by atoms with Crippen molar-refractivity contribution < 1.29 is 21.6 Å². The van der Waals surface area contributed by atoms with Gasteiger partial charge < -0.3 is 9.88 Å². The van der Waals surface area contributed by atoms with Crippen LogP contribution in [0.2, 0.25) is 0 Å². The van der Waals surface area contributed by atoms with E-state index in [1.807, 2.05) is 6.92 Å². The fourth-order valence-corrected chi connectivity index (χ4v) is 4.37. The van der Waals surface area contributed by atoms with Gasteiger partial charge in [-0.2, -0.15) is 13.2 Å². The largest absolute Gasteiger partial charge is 0.417 e. The smallest absolute Gasteiger partial charge is 0.340 e.